The summed E-state index contributed by atoms with van der Waals surface area (Å²) in [5.41, 5.74) is 6.01. The fourth-order valence-electron chi connectivity index (χ4n) is 2.27. The minimum Gasteiger partial charge on any atom is -0.347 e. The Balaban J connectivity index is 2.00. The van der Waals surface area contributed by atoms with Gasteiger partial charge in [-0.05, 0) is 25.7 Å². The molecule has 0 aliphatic carbocycles. The Morgan fingerprint density at radius 3 is 2.39 bits per heavy atom. The molecule has 1 aliphatic heterocycles. The van der Waals surface area contributed by atoms with Gasteiger partial charge in [0.2, 0.25) is 5.13 Å². The summed E-state index contributed by atoms with van der Waals surface area (Å²) in [5.74, 6) is 1.62. The lowest BCUT2D eigenvalue weighted by atomic mass is 9.91. The van der Waals surface area contributed by atoms with Crippen molar-refractivity contribution in [2.45, 2.75) is 52.0 Å². The van der Waals surface area contributed by atoms with E-state index in [0.29, 0.717) is 12.0 Å². The van der Waals surface area contributed by atoms with Crippen LogP contribution in [0.1, 0.15) is 46.4 Å². The maximum absolute atomic E-state index is 5.97. The van der Waals surface area contributed by atoms with Gasteiger partial charge >= 0.3 is 0 Å². The van der Waals surface area contributed by atoms with Crippen LogP contribution in [0.25, 0.3) is 0 Å². The number of nitrogens with zero attached hydrogens (tertiary/aromatic N) is 3. The first-order valence-corrected chi connectivity index (χ1v) is 7.50. The Labute approximate surface area is 114 Å². The first kappa shape index (κ1) is 13.7. The van der Waals surface area contributed by atoms with Gasteiger partial charge in [0.1, 0.15) is 5.82 Å². The summed E-state index contributed by atoms with van der Waals surface area (Å²) in [4.78, 5) is 7.03. The first-order valence-electron chi connectivity index (χ1n) is 6.72. The van der Waals surface area contributed by atoms with E-state index >= 15 is 0 Å². The van der Waals surface area contributed by atoms with Gasteiger partial charge in [0.25, 0.3) is 0 Å². The lowest BCUT2D eigenvalue weighted by Crippen LogP contribution is -2.39. The Kier molecular flexibility index (Phi) is 3.92. The smallest absolute Gasteiger partial charge is 0.205 e. The lowest BCUT2D eigenvalue weighted by molar-refractivity contribution is 0.354. The zero-order valence-corrected chi connectivity index (χ0v) is 12.6. The third kappa shape index (κ3) is 3.01. The zero-order valence-electron chi connectivity index (χ0n) is 11.8. The van der Waals surface area contributed by atoms with Gasteiger partial charge in [0, 0.05) is 36.1 Å². The summed E-state index contributed by atoms with van der Waals surface area (Å²) < 4.78 is 4.48. The van der Waals surface area contributed by atoms with Crippen LogP contribution in [0, 0.1) is 5.92 Å². The summed E-state index contributed by atoms with van der Waals surface area (Å²) >= 11 is 1.53. The molecule has 0 spiro atoms. The molecule has 1 saturated heterocycles. The number of aromatic nitrogens is 2. The zero-order chi connectivity index (χ0) is 13.3. The van der Waals surface area contributed by atoms with Crippen LogP contribution in [0.5, 0.6) is 0 Å². The Morgan fingerprint density at radius 1 is 1.33 bits per heavy atom. The normalized spacial score (nSPS) is 20.2. The molecule has 5 heteroatoms. The third-order valence-electron chi connectivity index (χ3n) is 3.64. The average Bonchev–Trinajstić information content (AvgIpc) is 2.78. The third-order valence-corrected chi connectivity index (χ3v) is 4.42. The molecule has 102 valence electrons. The van der Waals surface area contributed by atoms with Crippen LogP contribution in [0.3, 0.4) is 0 Å². The predicted molar refractivity (Wildman–Crippen MR) is 77.2 cm³/mol. The van der Waals surface area contributed by atoms with Crippen LogP contribution in [-0.2, 0) is 5.41 Å². The van der Waals surface area contributed by atoms with E-state index in [1.807, 2.05) is 0 Å². The topological polar surface area (TPSA) is 55.0 Å². The molecule has 2 N–H and O–H groups in total. The second kappa shape index (κ2) is 5.13. The van der Waals surface area contributed by atoms with Crippen LogP contribution in [0.2, 0.25) is 0 Å². The fraction of sp³-hybridized carbons (Fsp3) is 0.846. The summed E-state index contributed by atoms with van der Waals surface area (Å²) in [6.45, 7) is 10.7. The highest BCUT2D eigenvalue weighted by molar-refractivity contribution is 7.09. The van der Waals surface area contributed by atoms with Crippen molar-refractivity contribution in [3.63, 3.8) is 0 Å². The molecule has 1 atom stereocenters. The number of anilines is 1. The Hall–Kier alpha value is -0.680. The highest BCUT2D eigenvalue weighted by Gasteiger charge is 2.26. The van der Waals surface area contributed by atoms with Gasteiger partial charge in [-0.3, -0.25) is 0 Å². The standard InChI is InChI=1S/C13H24N4S/c1-9(14)10-5-7-17(8-6-10)12-15-11(16-18-12)13(2,3)4/h9-10H,5-8,14H2,1-4H3. The molecule has 0 amide bonds. The molecular formula is C13H24N4S. The summed E-state index contributed by atoms with van der Waals surface area (Å²) in [6.07, 6.45) is 2.34. The average molecular weight is 268 g/mol. The molecule has 0 saturated carbocycles. The van der Waals surface area contributed by atoms with Crippen molar-refractivity contribution < 1.29 is 0 Å². The monoisotopic (exact) mass is 268 g/mol. The van der Waals surface area contributed by atoms with Crippen molar-refractivity contribution in [1.29, 1.82) is 0 Å². The Bertz CT molecular complexity index is 386. The quantitative estimate of drug-likeness (QED) is 0.895. The van der Waals surface area contributed by atoms with Crippen LogP contribution in [0.15, 0.2) is 0 Å². The van der Waals surface area contributed by atoms with Crippen LogP contribution < -0.4 is 10.6 Å². The number of nitrogens with two attached hydrogens (primary N) is 1. The molecule has 2 heterocycles. The second-order valence-corrected chi connectivity index (χ2v) is 7.06. The van der Waals surface area contributed by atoms with Gasteiger partial charge in [-0.15, -0.1) is 0 Å². The molecular weight excluding hydrogens is 244 g/mol. The van der Waals surface area contributed by atoms with Crippen LogP contribution in [-0.4, -0.2) is 28.5 Å². The molecule has 1 fully saturated rings. The van der Waals surface area contributed by atoms with Crippen molar-refractivity contribution in [3.05, 3.63) is 5.82 Å². The van der Waals surface area contributed by atoms with E-state index in [0.717, 1.165) is 24.0 Å². The highest BCUT2D eigenvalue weighted by atomic mass is 32.1. The maximum atomic E-state index is 5.97. The van der Waals surface area contributed by atoms with Crippen LogP contribution >= 0.6 is 11.5 Å². The predicted octanol–water partition coefficient (Wildman–Crippen LogP) is 2.40. The van der Waals surface area contributed by atoms with Gasteiger partial charge in [-0.1, -0.05) is 20.8 Å². The summed E-state index contributed by atoms with van der Waals surface area (Å²) in [6, 6.07) is 0.312. The van der Waals surface area contributed by atoms with Crippen molar-refractivity contribution in [1.82, 2.24) is 9.36 Å². The summed E-state index contributed by atoms with van der Waals surface area (Å²) in [7, 11) is 0. The Morgan fingerprint density at radius 2 is 1.94 bits per heavy atom. The van der Waals surface area contributed by atoms with Gasteiger partial charge in [-0.25, -0.2) is 4.98 Å². The molecule has 1 aromatic heterocycles. The molecule has 0 bridgehead atoms. The summed E-state index contributed by atoms with van der Waals surface area (Å²) in [5, 5.41) is 1.07. The van der Waals surface area contributed by atoms with E-state index < -0.39 is 0 Å². The van der Waals surface area contributed by atoms with Crippen molar-refractivity contribution in [2.24, 2.45) is 11.7 Å². The number of hydrogen-bond donors (Lipinski definition) is 1. The van der Waals surface area contributed by atoms with Gasteiger partial charge in [-0.2, -0.15) is 4.37 Å². The lowest BCUT2D eigenvalue weighted by Gasteiger charge is -2.33. The molecule has 1 unspecified atom stereocenters. The molecule has 2 rings (SSSR count). The number of piperidine rings is 1. The molecule has 0 aromatic carbocycles. The largest absolute Gasteiger partial charge is 0.347 e. The first-order chi connectivity index (χ1) is 8.38. The SMILES string of the molecule is CC(N)C1CCN(c2nc(C(C)(C)C)ns2)CC1. The number of hydrogen-bond acceptors (Lipinski definition) is 5. The molecule has 0 radical (unpaired) electrons. The van der Waals surface area contributed by atoms with E-state index in [4.69, 9.17) is 5.73 Å². The van der Waals surface area contributed by atoms with Crippen LogP contribution in [0.4, 0.5) is 5.13 Å². The van der Waals surface area contributed by atoms with Crippen molar-refractivity contribution >= 4 is 16.7 Å². The van der Waals surface area contributed by atoms with E-state index in [-0.39, 0.29) is 5.41 Å². The van der Waals surface area contributed by atoms with Crippen molar-refractivity contribution in [3.8, 4) is 0 Å². The molecule has 4 nitrogen and oxygen atoms in total. The minimum atomic E-state index is 0.0405. The van der Waals surface area contributed by atoms with E-state index in [9.17, 15) is 0 Å². The molecule has 18 heavy (non-hydrogen) atoms. The molecule has 1 aromatic rings. The maximum Gasteiger partial charge on any atom is 0.205 e. The van der Waals surface area contributed by atoms with Gasteiger partial charge in [0.05, 0.1) is 0 Å². The number of rotatable bonds is 2. The van der Waals surface area contributed by atoms with E-state index in [2.05, 4.69) is 42.0 Å². The van der Waals surface area contributed by atoms with Gasteiger partial charge < -0.3 is 10.6 Å². The van der Waals surface area contributed by atoms with Crippen molar-refractivity contribution in [2.75, 3.05) is 18.0 Å². The van der Waals surface area contributed by atoms with Gasteiger partial charge in [0.15, 0.2) is 0 Å². The van der Waals surface area contributed by atoms with E-state index in [1.165, 1.54) is 24.4 Å². The fourth-order valence-corrected chi connectivity index (χ4v) is 3.17. The molecule has 1 aliphatic rings. The second-order valence-electron chi connectivity index (χ2n) is 6.33. The van der Waals surface area contributed by atoms with E-state index in [1.54, 1.807) is 0 Å². The minimum absolute atomic E-state index is 0.0405. The highest BCUT2D eigenvalue weighted by Crippen LogP contribution is 2.29.